The van der Waals surface area contributed by atoms with Gasteiger partial charge in [0.1, 0.15) is 11.5 Å². The topological polar surface area (TPSA) is 102 Å². The van der Waals surface area contributed by atoms with Gasteiger partial charge in [0.15, 0.2) is 6.61 Å². The van der Waals surface area contributed by atoms with Crippen LogP contribution in [0.4, 0.5) is 5.69 Å². The number of aromatic nitrogens is 1. The van der Waals surface area contributed by atoms with Gasteiger partial charge in [0, 0.05) is 30.6 Å². The summed E-state index contributed by atoms with van der Waals surface area (Å²) in [5.41, 5.74) is 3.46. The molecule has 178 valence electrons. The molecule has 0 saturated carbocycles. The molecule has 8 nitrogen and oxygen atoms in total. The molecule has 3 aromatic rings. The fraction of sp³-hybridized carbons (Fsp3) is 0.385. The quantitative estimate of drug-likeness (QED) is 0.494. The van der Waals surface area contributed by atoms with Crippen molar-refractivity contribution in [2.24, 2.45) is 0 Å². The van der Waals surface area contributed by atoms with E-state index in [9.17, 15) is 9.90 Å². The minimum absolute atomic E-state index is 0.00187. The molecule has 8 heteroatoms. The summed E-state index contributed by atoms with van der Waals surface area (Å²) in [6.07, 6.45) is 3.46. The Morgan fingerprint density at radius 3 is 2.97 bits per heavy atom. The number of fused-ring (bicyclic) bond motifs is 2. The van der Waals surface area contributed by atoms with Gasteiger partial charge >= 0.3 is 0 Å². The molecule has 1 amide bonds. The normalized spacial score (nSPS) is 20.8. The molecule has 34 heavy (non-hydrogen) atoms. The number of ether oxygens (including phenoxy) is 3. The molecule has 0 spiro atoms. The fourth-order valence-electron chi connectivity index (χ4n) is 4.60. The average Bonchev–Trinajstić information content (AvgIpc) is 2.87. The highest BCUT2D eigenvalue weighted by Crippen LogP contribution is 2.31. The Morgan fingerprint density at radius 2 is 2.15 bits per heavy atom. The van der Waals surface area contributed by atoms with Crippen molar-refractivity contribution >= 4 is 22.5 Å². The summed E-state index contributed by atoms with van der Waals surface area (Å²) >= 11 is 0. The highest BCUT2D eigenvalue weighted by atomic mass is 16.5. The molecule has 3 atom stereocenters. The fourth-order valence-corrected chi connectivity index (χ4v) is 4.60. The van der Waals surface area contributed by atoms with Crippen molar-refractivity contribution in [1.29, 1.82) is 0 Å². The summed E-state index contributed by atoms with van der Waals surface area (Å²) in [6.45, 7) is 1.33. The van der Waals surface area contributed by atoms with Crippen molar-refractivity contribution in [3.63, 3.8) is 0 Å². The van der Waals surface area contributed by atoms with Crippen molar-refractivity contribution in [3.8, 4) is 11.5 Å². The Balaban J connectivity index is 1.14. The molecule has 3 heterocycles. The SMILES string of the molecule is COc1ccc2nccc(C(O)C[C@@H]3CC[C@@H](NCc4ccc5c(c4)NC(=O)CO5)CO3)c2c1. The molecule has 1 unspecified atom stereocenters. The first-order chi connectivity index (χ1) is 16.6. The zero-order valence-corrected chi connectivity index (χ0v) is 19.1. The van der Waals surface area contributed by atoms with Crippen LogP contribution < -0.4 is 20.1 Å². The maximum Gasteiger partial charge on any atom is 0.262 e. The molecule has 0 radical (unpaired) electrons. The van der Waals surface area contributed by atoms with Crippen LogP contribution in [-0.4, -0.2) is 48.5 Å². The molecule has 2 aliphatic heterocycles. The van der Waals surface area contributed by atoms with E-state index in [1.165, 1.54) is 0 Å². The largest absolute Gasteiger partial charge is 0.497 e. The lowest BCUT2D eigenvalue weighted by Crippen LogP contribution is -2.39. The van der Waals surface area contributed by atoms with E-state index in [0.717, 1.165) is 40.6 Å². The van der Waals surface area contributed by atoms with Gasteiger partial charge in [-0.05, 0) is 60.4 Å². The number of methoxy groups -OCH3 is 1. The molecule has 0 aliphatic carbocycles. The van der Waals surface area contributed by atoms with Gasteiger partial charge in [-0.25, -0.2) is 0 Å². The second kappa shape index (κ2) is 9.97. The van der Waals surface area contributed by atoms with Gasteiger partial charge in [0.05, 0.1) is 37.1 Å². The van der Waals surface area contributed by atoms with Crippen LogP contribution in [0.5, 0.6) is 11.5 Å². The summed E-state index contributed by atoms with van der Waals surface area (Å²) < 4.78 is 16.8. The van der Waals surface area contributed by atoms with Crippen LogP contribution in [0.3, 0.4) is 0 Å². The maximum atomic E-state index is 11.5. The van der Waals surface area contributed by atoms with Gasteiger partial charge in [-0.15, -0.1) is 0 Å². The predicted molar refractivity (Wildman–Crippen MR) is 128 cm³/mol. The first kappa shape index (κ1) is 22.6. The molecule has 0 bridgehead atoms. The number of hydrogen-bond donors (Lipinski definition) is 3. The number of nitrogens with one attached hydrogen (secondary N) is 2. The Labute approximate surface area is 198 Å². The lowest BCUT2D eigenvalue weighted by atomic mass is 9.95. The Hall–Kier alpha value is -3.20. The molecule has 1 fully saturated rings. The number of hydrogen-bond acceptors (Lipinski definition) is 7. The first-order valence-corrected chi connectivity index (χ1v) is 11.6. The van der Waals surface area contributed by atoms with Crippen LogP contribution in [-0.2, 0) is 16.1 Å². The Kier molecular flexibility index (Phi) is 6.62. The molecular weight excluding hydrogens is 434 g/mol. The number of aliphatic hydroxyl groups excluding tert-OH is 1. The molecule has 5 rings (SSSR count). The van der Waals surface area contributed by atoms with Gasteiger partial charge in [-0.2, -0.15) is 0 Å². The maximum absolute atomic E-state index is 11.5. The summed E-state index contributed by atoms with van der Waals surface area (Å²) in [7, 11) is 1.63. The second-order valence-corrected chi connectivity index (χ2v) is 8.81. The number of amides is 1. The Bertz CT molecular complexity index is 1180. The van der Waals surface area contributed by atoms with E-state index in [-0.39, 0.29) is 24.7 Å². The number of carbonyl (C=O) groups excluding carboxylic acids is 1. The summed E-state index contributed by atoms with van der Waals surface area (Å²) in [4.78, 5) is 15.9. The van der Waals surface area contributed by atoms with Crippen molar-refractivity contribution < 1.29 is 24.1 Å². The lowest BCUT2D eigenvalue weighted by molar-refractivity contribution is -0.118. The summed E-state index contributed by atoms with van der Waals surface area (Å²) in [5.74, 6) is 1.31. The van der Waals surface area contributed by atoms with Crippen LogP contribution in [0, 0.1) is 0 Å². The van der Waals surface area contributed by atoms with Gasteiger partial charge in [0.25, 0.3) is 5.91 Å². The lowest BCUT2D eigenvalue weighted by Gasteiger charge is -2.31. The average molecular weight is 464 g/mol. The van der Waals surface area contributed by atoms with Crippen molar-refractivity contribution in [3.05, 3.63) is 59.8 Å². The number of pyridine rings is 1. The van der Waals surface area contributed by atoms with Crippen LogP contribution in [0.1, 0.15) is 36.5 Å². The van der Waals surface area contributed by atoms with Gasteiger partial charge in [0.2, 0.25) is 0 Å². The van der Waals surface area contributed by atoms with E-state index >= 15 is 0 Å². The van der Waals surface area contributed by atoms with E-state index in [1.807, 2.05) is 42.5 Å². The second-order valence-electron chi connectivity index (χ2n) is 8.81. The zero-order valence-electron chi connectivity index (χ0n) is 19.1. The van der Waals surface area contributed by atoms with Gasteiger partial charge in [-0.1, -0.05) is 6.07 Å². The summed E-state index contributed by atoms with van der Waals surface area (Å²) in [5, 5.41) is 18.2. The molecule has 1 aromatic heterocycles. The van der Waals surface area contributed by atoms with E-state index < -0.39 is 6.10 Å². The standard InChI is InChI=1S/C26H29N3O5/c1-32-18-5-6-22-21(11-18)20(8-9-27-22)24(30)12-19-4-3-17(14-33-19)28-13-16-2-7-25-23(10-16)29-26(31)15-34-25/h2,5-11,17,19,24,28,30H,3-4,12-15H2,1H3,(H,29,31)/t17-,19+,24?/m1/s1. The predicted octanol–water partition coefficient (Wildman–Crippen LogP) is 3.34. The monoisotopic (exact) mass is 463 g/mol. The number of rotatable bonds is 7. The van der Waals surface area contributed by atoms with Crippen molar-refractivity contribution in [2.45, 2.75) is 44.1 Å². The third-order valence-corrected chi connectivity index (χ3v) is 6.47. The van der Waals surface area contributed by atoms with Gasteiger partial charge < -0.3 is 30.0 Å². The molecule has 3 N–H and O–H groups in total. The first-order valence-electron chi connectivity index (χ1n) is 11.6. The van der Waals surface area contributed by atoms with Gasteiger partial charge in [-0.3, -0.25) is 9.78 Å². The molecule has 2 aromatic carbocycles. The van der Waals surface area contributed by atoms with Crippen LogP contribution in [0.15, 0.2) is 48.7 Å². The van der Waals surface area contributed by atoms with E-state index in [1.54, 1.807) is 13.3 Å². The summed E-state index contributed by atoms with van der Waals surface area (Å²) in [6, 6.07) is 13.6. The van der Waals surface area contributed by atoms with E-state index in [4.69, 9.17) is 14.2 Å². The number of anilines is 1. The Morgan fingerprint density at radius 1 is 1.24 bits per heavy atom. The number of benzene rings is 2. The van der Waals surface area contributed by atoms with Crippen molar-refractivity contribution in [2.75, 3.05) is 25.6 Å². The van der Waals surface area contributed by atoms with Crippen LogP contribution >= 0.6 is 0 Å². The molecular formula is C26H29N3O5. The highest BCUT2D eigenvalue weighted by Gasteiger charge is 2.25. The molecule has 1 saturated heterocycles. The van der Waals surface area contributed by atoms with E-state index in [2.05, 4.69) is 15.6 Å². The van der Waals surface area contributed by atoms with E-state index in [0.29, 0.717) is 31.0 Å². The number of nitrogens with zero attached hydrogens (tertiary/aromatic N) is 1. The minimum atomic E-state index is -0.639. The number of aliphatic hydroxyl groups is 1. The smallest absolute Gasteiger partial charge is 0.262 e. The highest BCUT2D eigenvalue weighted by molar-refractivity contribution is 5.95. The number of carbonyl (C=O) groups is 1. The third kappa shape index (κ3) is 4.99. The van der Waals surface area contributed by atoms with Crippen LogP contribution in [0.25, 0.3) is 10.9 Å². The minimum Gasteiger partial charge on any atom is -0.497 e. The van der Waals surface area contributed by atoms with Crippen molar-refractivity contribution in [1.82, 2.24) is 10.3 Å². The van der Waals surface area contributed by atoms with Crippen LogP contribution in [0.2, 0.25) is 0 Å². The zero-order chi connectivity index (χ0) is 23.5. The third-order valence-electron chi connectivity index (χ3n) is 6.47. The molecule has 2 aliphatic rings.